The molecule has 0 bridgehead atoms. The molecule has 0 atom stereocenters. The maximum atomic E-state index is 9.40. The number of pyridine rings is 1. The minimum Gasteiger partial charge on any atom is -0.464 e. The van der Waals surface area contributed by atoms with Gasteiger partial charge in [-0.15, -0.1) is 0 Å². The van der Waals surface area contributed by atoms with Crippen LogP contribution in [0.5, 0.6) is 0 Å². The molecule has 0 amide bonds. The van der Waals surface area contributed by atoms with Crippen molar-refractivity contribution in [3.8, 4) is 28.7 Å². The average molecular weight is 354 g/mol. The number of furan rings is 1. The second-order valence-corrected chi connectivity index (χ2v) is 5.73. The first-order valence-corrected chi connectivity index (χ1v) is 7.41. The van der Waals surface area contributed by atoms with Gasteiger partial charge in [0.25, 0.3) is 0 Å². The minimum atomic E-state index is 0.206. The van der Waals surface area contributed by atoms with Gasteiger partial charge < -0.3 is 10.2 Å². The Balaban J connectivity index is 2.30. The van der Waals surface area contributed by atoms with Gasteiger partial charge in [-0.3, -0.25) is 0 Å². The molecule has 2 heterocycles. The molecule has 3 rings (SSSR count). The highest BCUT2D eigenvalue weighted by atomic mass is 79.9. The van der Waals surface area contributed by atoms with E-state index in [1.165, 1.54) is 0 Å². The topological polar surface area (TPSA) is 75.8 Å². The van der Waals surface area contributed by atoms with Gasteiger partial charge >= 0.3 is 0 Å². The third-order valence-electron chi connectivity index (χ3n) is 3.47. The summed E-state index contributed by atoms with van der Waals surface area (Å²) in [4.78, 5) is 4.41. The number of nitrogens with two attached hydrogens (primary N) is 1. The summed E-state index contributed by atoms with van der Waals surface area (Å²) in [6.45, 7) is 1.92. The van der Waals surface area contributed by atoms with Gasteiger partial charge in [-0.1, -0.05) is 28.1 Å². The average Bonchev–Trinajstić information content (AvgIpc) is 3.03. The first kappa shape index (κ1) is 14.4. The summed E-state index contributed by atoms with van der Waals surface area (Å²) in [5, 5.41) is 9.40. The van der Waals surface area contributed by atoms with Crippen LogP contribution >= 0.6 is 15.9 Å². The van der Waals surface area contributed by atoms with Crippen LogP contribution in [-0.2, 0) is 0 Å². The molecule has 1 aromatic carbocycles. The van der Waals surface area contributed by atoms with Crippen molar-refractivity contribution in [2.45, 2.75) is 6.92 Å². The van der Waals surface area contributed by atoms with Crippen molar-refractivity contribution < 1.29 is 4.42 Å². The Morgan fingerprint density at radius 3 is 2.55 bits per heavy atom. The summed E-state index contributed by atoms with van der Waals surface area (Å²) < 4.78 is 6.45. The third-order valence-corrected chi connectivity index (χ3v) is 3.99. The smallest absolute Gasteiger partial charge is 0.142 e. The standard InChI is InChI=1S/C17H12BrN3O/c1-10-15(14-3-2-8-22-14)13(9-19)17(20)21-16(10)11-4-6-12(18)7-5-11/h2-8H,1H3,(H2,20,21). The predicted molar refractivity (Wildman–Crippen MR) is 88.9 cm³/mol. The Labute approximate surface area is 136 Å². The van der Waals surface area contributed by atoms with Crippen LogP contribution in [0.3, 0.4) is 0 Å². The molecule has 0 aliphatic rings. The van der Waals surface area contributed by atoms with Gasteiger partial charge in [0.05, 0.1) is 12.0 Å². The summed E-state index contributed by atoms with van der Waals surface area (Å²) in [5.41, 5.74) is 9.57. The molecule has 108 valence electrons. The Morgan fingerprint density at radius 2 is 1.95 bits per heavy atom. The first-order valence-electron chi connectivity index (χ1n) is 6.62. The molecule has 2 aromatic heterocycles. The molecule has 0 saturated heterocycles. The number of benzene rings is 1. The van der Waals surface area contributed by atoms with E-state index < -0.39 is 0 Å². The maximum absolute atomic E-state index is 9.40. The molecule has 0 fully saturated rings. The van der Waals surface area contributed by atoms with Crippen LogP contribution in [0.25, 0.3) is 22.6 Å². The highest BCUT2D eigenvalue weighted by molar-refractivity contribution is 9.10. The maximum Gasteiger partial charge on any atom is 0.142 e. The first-order chi connectivity index (χ1) is 10.6. The van der Waals surface area contributed by atoms with E-state index in [2.05, 4.69) is 27.0 Å². The van der Waals surface area contributed by atoms with Gasteiger partial charge in [-0.05, 0) is 36.8 Å². The van der Waals surface area contributed by atoms with Crippen LogP contribution < -0.4 is 5.73 Å². The fourth-order valence-corrected chi connectivity index (χ4v) is 2.69. The van der Waals surface area contributed by atoms with E-state index in [1.54, 1.807) is 12.3 Å². The fourth-order valence-electron chi connectivity index (χ4n) is 2.42. The molecule has 0 aliphatic heterocycles. The van der Waals surface area contributed by atoms with Crippen molar-refractivity contribution >= 4 is 21.7 Å². The zero-order chi connectivity index (χ0) is 15.7. The molecule has 0 unspecified atom stereocenters. The van der Waals surface area contributed by atoms with E-state index in [9.17, 15) is 5.26 Å². The van der Waals surface area contributed by atoms with Gasteiger partial charge in [0.1, 0.15) is 23.2 Å². The second-order valence-electron chi connectivity index (χ2n) is 4.82. The van der Waals surface area contributed by atoms with Gasteiger partial charge in [0.2, 0.25) is 0 Å². The number of hydrogen-bond acceptors (Lipinski definition) is 4. The number of hydrogen-bond donors (Lipinski definition) is 1. The van der Waals surface area contributed by atoms with Crippen molar-refractivity contribution in [2.75, 3.05) is 5.73 Å². The Bertz CT molecular complexity index is 862. The molecule has 0 radical (unpaired) electrons. The van der Waals surface area contributed by atoms with Gasteiger partial charge in [0, 0.05) is 15.6 Å². The zero-order valence-corrected chi connectivity index (χ0v) is 13.4. The van der Waals surface area contributed by atoms with Gasteiger partial charge in [0.15, 0.2) is 0 Å². The van der Waals surface area contributed by atoms with E-state index in [0.717, 1.165) is 21.3 Å². The summed E-state index contributed by atoms with van der Waals surface area (Å²) in [5.74, 6) is 0.818. The second kappa shape index (κ2) is 5.66. The zero-order valence-electron chi connectivity index (χ0n) is 11.8. The highest BCUT2D eigenvalue weighted by Gasteiger charge is 2.19. The van der Waals surface area contributed by atoms with Crippen molar-refractivity contribution in [3.63, 3.8) is 0 Å². The van der Waals surface area contributed by atoms with E-state index in [-0.39, 0.29) is 5.82 Å². The molecular formula is C17H12BrN3O. The van der Waals surface area contributed by atoms with Crippen molar-refractivity contribution in [1.29, 1.82) is 5.26 Å². The van der Waals surface area contributed by atoms with E-state index >= 15 is 0 Å². The molecule has 3 aromatic rings. The minimum absolute atomic E-state index is 0.206. The third kappa shape index (κ3) is 2.38. The lowest BCUT2D eigenvalue weighted by Gasteiger charge is -2.13. The number of rotatable bonds is 2. The molecule has 2 N–H and O–H groups in total. The van der Waals surface area contributed by atoms with Crippen LogP contribution in [-0.4, -0.2) is 4.98 Å². The molecular weight excluding hydrogens is 342 g/mol. The van der Waals surface area contributed by atoms with Gasteiger partial charge in [-0.2, -0.15) is 5.26 Å². The number of aromatic nitrogens is 1. The van der Waals surface area contributed by atoms with Gasteiger partial charge in [-0.25, -0.2) is 4.98 Å². The largest absolute Gasteiger partial charge is 0.464 e. The molecule has 4 nitrogen and oxygen atoms in total. The number of nitriles is 1. The lowest BCUT2D eigenvalue weighted by atomic mass is 9.96. The Morgan fingerprint density at radius 1 is 1.23 bits per heavy atom. The number of nitrogen functional groups attached to an aromatic ring is 1. The predicted octanol–water partition coefficient (Wildman–Crippen LogP) is 4.53. The van der Waals surface area contributed by atoms with Crippen molar-refractivity contribution in [1.82, 2.24) is 4.98 Å². The van der Waals surface area contributed by atoms with Crippen LogP contribution in [0.2, 0.25) is 0 Å². The number of anilines is 1. The molecule has 22 heavy (non-hydrogen) atoms. The van der Waals surface area contributed by atoms with Crippen LogP contribution in [0.15, 0.2) is 51.6 Å². The van der Waals surface area contributed by atoms with Crippen molar-refractivity contribution in [2.24, 2.45) is 0 Å². The van der Waals surface area contributed by atoms with E-state index in [0.29, 0.717) is 16.9 Å². The monoisotopic (exact) mass is 353 g/mol. The van der Waals surface area contributed by atoms with Crippen molar-refractivity contribution in [3.05, 3.63) is 58.3 Å². The van der Waals surface area contributed by atoms with E-state index in [4.69, 9.17) is 10.2 Å². The highest BCUT2D eigenvalue weighted by Crippen LogP contribution is 2.36. The summed E-state index contributed by atoms with van der Waals surface area (Å²) in [6, 6.07) is 13.5. The molecule has 0 aliphatic carbocycles. The lowest BCUT2D eigenvalue weighted by Crippen LogP contribution is -2.02. The van der Waals surface area contributed by atoms with Crippen LogP contribution in [0, 0.1) is 18.3 Å². The molecule has 0 spiro atoms. The van der Waals surface area contributed by atoms with Crippen LogP contribution in [0.1, 0.15) is 11.1 Å². The summed E-state index contributed by atoms with van der Waals surface area (Å²) in [6.07, 6.45) is 1.58. The summed E-state index contributed by atoms with van der Waals surface area (Å²) >= 11 is 3.42. The SMILES string of the molecule is Cc1c(-c2ccc(Br)cc2)nc(N)c(C#N)c1-c1ccco1. The Hall–Kier alpha value is -2.58. The molecule has 0 saturated carbocycles. The number of halogens is 1. The quantitative estimate of drug-likeness (QED) is 0.733. The lowest BCUT2D eigenvalue weighted by molar-refractivity contribution is 0.581. The molecule has 5 heteroatoms. The normalized spacial score (nSPS) is 10.4. The summed E-state index contributed by atoms with van der Waals surface area (Å²) in [7, 11) is 0. The Kier molecular flexibility index (Phi) is 3.70. The fraction of sp³-hybridized carbons (Fsp3) is 0.0588. The van der Waals surface area contributed by atoms with Crippen LogP contribution in [0.4, 0.5) is 5.82 Å². The number of nitrogens with zero attached hydrogens (tertiary/aromatic N) is 2. The van der Waals surface area contributed by atoms with E-state index in [1.807, 2.05) is 37.3 Å².